The van der Waals surface area contributed by atoms with Crippen molar-refractivity contribution in [3.8, 4) is 0 Å². The topological polar surface area (TPSA) is 140 Å². The van der Waals surface area contributed by atoms with E-state index in [4.69, 9.17) is 10.8 Å². The van der Waals surface area contributed by atoms with Crippen molar-refractivity contribution in [2.75, 3.05) is 18.9 Å². The summed E-state index contributed by atoms with van der Waals surface area (Å²) in [4.78, 5) is 21.0. The summed E-state index contributed by atoms with van der Waals surface area (Å²) in [6.45, 7) is 0.314. The summed E-state index contributed by atoms with van der Waals surface area (Å²) in [5.41, 5.74) is 6.27. The van der Waals surface area contributed by atoms with Gasteiger partial charge in [0.05, 0.1) is 18.1 Å². The molecule has 0 saturated carbocycles. The number of anilines is 1. The highest BCUT2D eigenvalue weighted by Crippen LogP contribution is 2.11. The summed E-state index contributed by atoms with van der Waals surface area (Å²) in [5, 5.41) is 21.2. The van der Waals surface area contributed by atoms with Crippen molar-refractivity contribution in [2.24, 2.45) is 0 Å². The fourth-order valence-corrected chi connectivity index (χ4v) is 1.70. The van der Waals surface area contributed by atoms with Crippen LogP contribution in [0, 0.1) is 0 Å². The van der Waals surface area contributed by atoms with Crippen molar-refractivity contribution in [1.82, 2.24) is 20.3 Å². The van der Waals surface area contributed by atoms with E-state index in [1.807, 2.05) is 0 Å². The third kappa shape index (κ3) is 2.50. The van der Waals surface area contributed by atoms with Crippen molar-refractivity contribution in [3.05, 3.63) is 22.1 Å². The molecule has 0 bridgehead atoms. The van der Waals surface area contributed by atoms with E-state index in [0.29, 0.717) is 17.6 Å². The molecule has 0 amide bonds. The van der Waals surface area contributed by atoms with E-state index in [9.17, 15) is 9.90 Å². The fraction of sp³-hybridized carbons (Fsp3) is 0.400. The van der Waals surface area contributed by atoms with E-state index in [0.717, 1.165) is 5.56 Å². The van der Waals surface area contributed by atoms with E-state index in [2.05, 4.69) is 20.3 Å². The molecular weight excluding hydrogens is 238 g/mol. The summed E-state index contributed by atoms with van der Waals surface area (Å²) >= 11 is 0. The molecule has 0 aliphatic heterocycles. The third-order valence-corrected chi connectivity index (χ3v) is 2.55. The van der Waals surface area contributed by atoms with E-state index >= 15 is 0 Å². The van der Waals surface area contributed by atoms with Crippen molar-refractivity contribution in [1.29, 1.82) is 0 Å². The molecule has 2 aromatic rings. The van der Waals surface area contributed by atoms with Crippen LogP contribution in [0.4, 0.5) is 5.95 Å². The van der Waals surface area contributed by atoms with Crippen LogP contribution in [0.1, 0.15) is 5.56 Å². The van der Waals surface area contributed by atoms with Gasteiger partial charge in [0, 0.05) is 19.3 Å². The van der Waals surface area contributed by atoms with E-state index in [1.54, 1.807) is 6.20 Å². The summed E-state index contributed by atoms with van der Waals surface area (Å²) in [7, 11) is 0. The smallest absolute Gasteiger partial charge is 0.262 e. The molecular formula is C10H15N5O3. The number of nitrogens with one attached hydrogen (secondary N) is 3. The monoisotopic (exact) mass is 253 g/mol. The van der Waals surface area contributed by atoms with Gasteiger partial charge in [-0.25, -0.2) is 0 Å². The standard InChI is InChI=1S/C10H15N5O3/c11-10-14-8-7(9(18)15-10)5(2-13-8)1-12-3-6(17)4-16/h2,6,12,16-17H,1,3-4H2,(H4,11,13,14,15,18)/t6-/m1/s1. The first-order valence-electron chi connectivity index (χ1n) is 5.47. The second-order valence-corrected chi connectivity index (χ2v) is 3.96. The summed E-state index contributed by atoms with van der Waals surface area (Å²) in [6, 6.07) is 0. The Labute approximate surface area is 102 Å². The van der Waals surface area contributed by atoms with Crippen LogP contribution in [0.5, 0.6) is 0 Å². The second kappa shape index (κ2) is 5.17. The molecule has 2 heterocycles. The number of rotatable bonds is 5. The molecule has 7 N–H and O–H groups in total. The maximum absolute atomic E-state index is 11.7. The molecule has 0 saturated heterocycles. The first kappa shape index (κ1) is 12.6. The van der Waals surface area contributed by atoms with Gasteiger partial charge in [0.25, 0.3) is 5.56 Å². The zero-order chi connectivity index (χ0) is 13.1. The number of fused-ring (bicyclic) bond motifs is 1. The highest BCUT2D eigenvalue weighted by atomic mass is 16.3. The Morgan fingerprint density at radius 3 is 3.06 bits per heavy atom. The van der Waals surface area contributed by atoms with Gasteiger partial charge in [-0.1, -0.05) is 0 Å². The zero-order valence-electron chi connectivity index (χ0n) is 9.60. The lowest BCUT2D eigenvalue weighted by atomic mass is 10.2. The Hall–Kier alpha value is -1.90. The number of hydrogen-bond donors (Lipinski definition) is 6. The molecule has 0 unspecified atom stereocenters. The number of nitrogen functional groups attached to an aromatic ring is 1. The molecule has 0 aromatic carbocycles. The first-order chi connectivity index (χ1) is 8.61. The van der Waals surface area contributed by atoms with Gasteiger partial charge in [-0.2, -0.15) is 4.98 Å². The molecule has 8 nitrogen and oxygen atoms in total. The number of aromatic nitrogens is 3. The normalized spacial score (nSPS) is 13.0. The average Bonchev–Trinajstić information content (AvgIpc) is 2.72. The summed E-state index contributed by atoms with van der Waals surface area (Å²) in [5.74, 6) is 0.0598. The molecule has 0 radical (unpaired) electrons. The number of aliphatic hydroxyl groups is 2. The average molecular weight is 253 g/mol. The Bertz CT molecular complexity index is 591. The Morgan fingerprint density at radius 2 is 2.33 bits per heavy atom. The van der Waals surface area contributed by atoms with Gasteiger partial charge in [0.2, 0.25) is 5.95 Å². The third-order valence-electron chi connectivity index (χ3n) is 2.55. The number of nitrogens with two attached hydrogens (primary N) is 1. The predicted octanol–water partition coefficient (Wildman–Crippen LogP) is -1.72. The number of aromatic amines is 2. The number of H-pyrrole nitrogens is 2. The van der Waals surface area contributed by atoms with Crippen LogP contribution < -0.4 is 16.6 Å². The number of aliphatic hydroxyl groups excluding tert-OH is 2. The van der Waals surface area contributed by atoms with Gasteiger partial charge in [-0.15, -0.1) is 0 Å². The van der Waals surface area contributed by atoms with Crippen LogP contribution in [0.25, 0.3) is 11.0 Å². The van der Waals surface area contributed by atoms with Gasteiger partial charge in [-0.05, 0) is 5.56 Å². The Morgan fingerprint density at radius 1 is 1.56 bits per heavy atom. The van der Waals surface area contributed by atoms with Crippen LogP contribution in [-0.2, 0) is 6.54 Å². The van der Waals surface area contributed by atoms with Gasteiger partial charge in [-0.3, -0.25) is 9.78 Å². The van der Waals surface area contributed by atoms with Crippen LogP contribution >= 0.6 is 0 Å². The first-order valence-corrected chi connectivity index (χ1v) is 5.47. The maximum Gasteiger partial charge on any atom is 0.262 e. The maximum atomic E-state index is 11.7. The summed E-state index contributed by atoms with van der Waals surface area (Å²) in [6.07, 6.45) is 0.840. The van der Waals surface area contributed by atoms with Crippen LogP contribution in [0.3, 0.4) is 0 Å². The van der Waals surface area contributed by atoms with Gasteiger partial charge in [0.15, 0.2) is 0 Å². The van der Waals surface area contributed by atoms with E-state index in [1.165, 1.54) is 0 Å². The van der Waals surface area contributed by atoms with Crippen molar-refractivity contribution >= 4 is 17.0 Å². The van der Waals surface area contributed by atoms with Crippen LogP contribution in [0.15, 0.2) is 11.0 Å². The van der Waals surface area contributed by atoms with Crippen molar-refractivity contribution < 1.29 is 10.2 Å². The highest BCUT2D eigenvalue weighted by molar-refractivity contribution is 5.79. The van der Waals surface area contributed by atoms with Gasteiger partial charge < -0.3 is 26.2 Å². The van der Waals surface area contributed by atoms with Gasteiger partial charge in [0.1, 0.15) is 5.65 Å². The molecule has 0 aliphatic rings. The molecule has 2 rings (SSSR count). The number of nitrogens with zero attached hydrogens (tertiary/aromatic N) is 1. The lowest BCUT2D eigenvalue weighted by Crippen LogP contribution is -2.29. The molecule has 2 aromatic heterocycles. The minimum absolute atomic E-state index is 0.0598. The fourth-order valence-electron chi connectivity index (χ4n) is 1.70. The summed E-state index contributed by atoms with van der Waals surface area (Å²) < 4.78 is 0. The minimum atomic E-state index is -0.817. The highest BCUT2D eigenvalue weighted by Gasteiger charge is 2.10. The Balaban J connectivity index is 2.17. The zero-order valence-corrected chi connectivity index (χ0v) is 9.60. The lowest BCUT2D eigenvalue weighted by Gasteiger charge is -2.07. The molecule has 1 atom stereocenters. The van der Waals surface area contributed by atoms with E-state index < -0.39 is 6.10 Å². The number of hydrogen-bond acceptors (Lipinski definition) is 6. The largest absolute Gasteiger partial charge is 0.394 e. The predicted molar refractivity (Wildman–Crippen MR) is 65.9 cm³/mol. The quantitative estimate of drug-likeness (QED) is 0.374. The Kier molecular flexibility index (Phi) is 3.60. The van der Waals surface area contributed by atoms with Crippen molar-refractivity contribution in [3.63, 3.8) is 0 Å². The van der Waals surface area contributed by atoms with Crippen molar-refractivity contribution in [2.45, 2.75) is 12.6 Å². The second-order valence-electron chi connectivity index (χ2n) is 3.96. The molecule has 0 spiro atoms. The SMILES string of the molecule is Nc1nc2[nH]cc(CNC[C@@H](O)CO)c2c(=O)[nH]1. The molecule has 0 fully saturated rings. The molecule has 0 aliphatic carbocycles. The lowest BCUT2D eigenvalue weighted by molar-refractivity contribution is 0.0942. The minimum Gasteiger partial charge on any atom is -0.394 e. The van der Waals surface area contributed by atoms with Crippen LogP contribution in [0.2, 0.25) is 0 Å². The van der Waals surface area contributed by atoms with E-state index in [-0.39, 0.29) is 24.7 Å². The van der Waals surface area contributed by atoms with Gasteiger partial charge >= 0.3 is 0 Å². The molecule has 18 heavy (non-hydrogen) atoms. The molecule has 8 heteroatoms. The molecule has 98 valence electrons. The van der Waals surface area contributed by atoms with Crippen LogP contribution in [-0.4, -0.2) is 44.4 Å².